The Kier molecular flexibility index (Phi) is 6.34. The van der Waals surface area contributed by atoms with Crippen molar-refractivity contribution in [1.29, 1.82) is 0 Å². The molecule has 182 valence electrons. The average molecular weight is 516 g/mol. The Morgan fingerprint density at radius 1 is 1.17 bits per heavy atom. The van der Waals surface area contributed by atoms with Crippen LogP contribution in [0, 0.1) is 17.7 Å². The van der Waals surface area contributed by atoms with Gasteiger partial charge in [-0.3, -0.25) is 4.79 Å². The number of aromatic nitrogens is 1. The van der Waals surface area contributed by atoms with Crippen LogP contribution in [0.1, 0.15) is 22.5 Å². The number of fused-ring (bicyclic) bond motifs is 1. The van der Waals surface area contributed by atoms with Crippen LogP contribution in [-0.2, 0) is 5.41 Å². The van der Waals surface area contributed by atoms with Crippen molar-refractivity contribution in [3.05, 3.63) is 75.7 Å². The van der Waals surface area contributed by atoms with E-state index in [1.165, 1.54) is 6.07 Å². The molecular formula is C26H24Cl2FN3O3. The van der Waals surface area contributed by atoms with Crippen molar-refractivity contribution in [3.8, 4) is 17.0 Å². The summed E-state index contributed by atoms with van der Waals surface area (Å²) in [5.41, 5.74) is 3.33. The first-order valence-electron chi connectivity index (χ1n) is 11.3. The minimum Gasteiger partial charge on any atom is -0.490 e. The average Bonchev–Trinajstić information content (AvgIpc) is 3.77. The maximum absolute atomic E-state index is 13.7. The number of halogens is 3. The van der Waals surface area contributed by atoms with Gasteiger partial charge in [0.25, 0.3) is 5.91 Å². The van der Waals surface area contributed by atoms with Gasteiger partial charge in [0.05, 0.1) is 28.0 Å². The molecule has 0 bridgehead atoms. The Labute approximate surface area is 212 Å². The van der Waals surface area contributed by atoms with Crippen molar-refractivity contribution in [1.82, 2.24) is 10.3 Å². The fraction of sp³-hybridized carbons (Fsp3) is 0.308. The summed E-state index contributed by atoms with van der Waals surface area (Å²) in [6, 6.07) is 13.3. The van der Waals surface area contributed by atoms with Crippen molar-refractivity contribution < 1.29 is 19.0 Å². The molecule has 35 heavy (non-hydrogen) atoms. The number of carbonyl (C=O) groups is 1. The Morgan fingerprint density at radius 3 is 2.60 bits per heavy atom. The first-order chi connectivity index (χ1) is 16.9. The summed E-state index contributed by atoms with van der Waals surface area (Å²) in [6.45, 7) is 0.460. The summed E-state index contributed by atoms with van der Waals surface area (Å²) in [6.07, 6.45) is 1.12. The van der Waals surface area contributed by atoms with E-state index in [9.17, 15) is 9.18 Å². The summed E-state index contributed by atoms with van der Waals surface area (Å²) in [4.78, 5) is 17.8. The number of rotatable bonds is 9. The van der Waals surface area contributed by atoms with E-state index in [0.29, 0.717) is 46.0 Å². The van der Waals surface area contributed by atoms with E-state index < -0.39 is 5.82 Å². The molecule has 0 spiro atoms. The maximum Gasteiger partial charge on any atom is 0.251 e. The lowest BCUT2D eigenvalue weighted by Crippen LogP contribution is -2.37. The Hall–Kier alpha value is -2.87. The quantitative estimate of drug-likeness (QED) is 0.376. The standard InChI is InChI=1S/C26H24Cl2FN3O3/c1-30-21-5-7-23(32-24(21)14-2-4-20(29)18(27)10-14)26(16-12-17(16)26)13-31-25(34)15-3-6-22(19(28)11-15)35-9-8-33/h2-7,10-11,16-17,30,33H,8-9,12-13H2,1H3,(H,31,34). The first kappa shape index (κ1) is 23.9. The van der Waals surface area contributed by atoms with Crippen molar-refractivity contribution in [2.24, 2.45) is 11.8 Å². The smallest absolute Gasteiger partial charge is 0.251 e. The van der Waals surface area contributed by atoms with Crippen LogP contribution in [0.15, 0.2) is 48.5 Å². The monoisotopic (exact) mass is 515 g/mol. The first-order valence-corrected chi connectivity index (χ1v) is 12.1. The Morgan fingerprint density at radius 2 is 1.97 bits per heavy atom. The van der Waals surface area contributed by atoms with E-state index >= 15 is 0 Å². The number of pyridine rings is 1. The van der Waals surface area contributed by atoms with Crippen LogP contribution in [0.25, 0.3) is 11.3 Å². The zero-order valence-electron chi connectivity index (χ0n) is 18.9. The molecule has 1 aromatic heterocycles. The molecule has 2 aliphatic rings. The second-order valence-corrected chi connectivity index (χ2v) is 9.67. The van der Waals surface area contributed by atoms with Crippen LogP contribution < -0.4 is 15.4 Å². The number of aliphatic hydroxyl groups is 1. The molecule has 9 heteroatoms. The fourth-order valence-electron chi connectivity index (χ4n) is 4.82. The van der Waals surface area contributed by atoms with E-state index in [-0.39, 0.29) is 29.6 Å². The van der Waals surface area contributed by atoms with Gasteiger partial charge in [0.1, 0.15) is 18.2 Å². The summed E-state index contributed by atoms with van der Waals surface area (Å²) < 4.78 is 19.1. The summed E-state index contributed by atoms with van der Waals surface area (Å²) in [5, 5.41) is 15.4. The van der Waals surface area contributed by atoms with Crippen LogP contribution >= 0.6 is 23.2 Å². The Bertz CT molecular complexity index is 1290. The molecule has 2 aromatic carbocycles. The van der Waals surface area contributed by atoms with E-state index in [2.05, 4.69) is 10.6 Å². The molecule has 1 heterocycles. The van der Waals surface area contributed by atoms with Gasteiger partial charge in [-0.25, -0.2) is 9.37 Å². The molecule has 3 aromatic rings. The van der Waals surface area contributed by atoms with Gasteiger partial charge < -0.3 is 20.5 Å². The topological polar surface area (TPSA) is 83.5 Å². The van der Waals surface area contributed by atoms with Gasteiger partial charge in [-0.1, -0.05) is 23.2 Å². The molecule has 3 N–H and O–H groups in total. The molecule has 0 saturated heterocycles. The number of hydrogen-bond acceptors (Lipinski definition) is 5. The van der Waals surface area contributed by atoms with Crippen molar-refractivity contribution >= 4 is 34.8 Å². The minimum absolute atomic E-state index is 0.0412. The number of nitrogens with one attached hydrogen (secondary N) is 2. The lowest BCUT2D eigenvalue weighted by atomic mass is 9.89. The van der Waals surface area contributed by atoms with E-state index in [0.717, 1.165) is 17.8 Å². The van der Waals surface area contributed by atoms with Crippen LogP contribution in [-0.4, -0.2) is 42.8 Å². The van der Waals surface area contributed by atoms with E-state index in [1.54, 1.807) is 37.4 Å². The fourth-order valence-corrected chi connectivity index (χ4v) is 5.23. The van der Waals surface area contributed by atoms with Crippen LogP contribution in [0.5, 0.6) is 5.75 Å². The van der Waals surface area contributed by atoms with Gasteiger partial charge in [0, 0.05) is 35.8 Å². The predicted molar refractivity (Wildman–Crippen MR) is 134 cm³/mol. The molecule has 2 aliphatic carbocycles. The third-order valence-corrected chi connectivity index (χ3v) is 7.51. The largest absolute Gasteiger partial charge is 0.490 e. The molecule has 2 fully saturated rings. The highest BCUT2D eigenvalue weighted by atomic mass is 35.5. The molecule has 1 amide bonds. The second kappa shape index (κ2) is 9.30. The number of carbonyl (C=O) groups excluding carboxylic acids is 1. The van der Waals surface area contributed by atoms with E-state index in [4.69, 9.17) is 38.0 Å². The van der Waals surface area contributed by atoms with Gasteiger partial charge in [-0.2, -0.15) is 0 Å². The van der Waals surface area contributed by atoms with Gasteiger partial charge in [0.15, 0.2) is 0 Å². The number of ether oxygens (including phenoxy) is 1. The zero-order valence-corrected chi connectivity index (χ0v) is 20.5. The SMILES string of the molecule is CNc1ccc(C2(CNC(=O)c3ccc(OCCO)c(Cl)c3)C3CC32)nc1-c1ccc(F)c(Cl)c1. The molecule has 6 nitrogen and oxygen atoms in total. The number of anilines is 1. The molecule has 2 unspecified atom stereocenters. The molecular weight excluding hydrogens is 492 g/mol. The maximum atomic E-state index is 13.7. The summed E-state index contributed by atoms with van der Waals surface area (Å²) in [7, 11) is 1.81. The lowest BCUT2D eigenvalue weighted by Gasteiger charge is -2.24. The lowest BCUT2D eigenvalue weighted by molar-refractivity contribution is 0.0946. The molecule has 0 aliphatic heterocycles. The van der Waals surface area contributed by atoms with Crippen molar-refractivity contribution in [3.63, 3.8) is 0 Å². The number of amides is 1. The van der Waals surface area contributed by atoms with Gasteiger partial charge in [-0.05, 0) is 66.8 Å². The van der Waals surface area contributed by atoms with Gasteiger partial charge in [0.2, 0.25) is 0 Å². The highest BCUT2D eigenvalue weighted by molar-refractivity contribution is 6.32. The minimum atomic E-state index is -0.478. The highest BCUT2D eigenvalue weighted by Crippen LogP contribution is 2.77. The van der Waals surface area contributed by atoms with Crippen LogP contribution in [0.2, 0.25) is 10.0 Å². The van der Waals surface area contributed by atoms with Gasteiger partial charge in [-0.15, -0.1) is 0 Å². The summed E-state index contributed by atoms with van der Waals surface area (Å²) >= 11 is 12.2. The molecule has 5 rings (SSSR count). The normalized spacial score (nSPS) is 21.7. The second-order valence-electron chi connectivity index (χ2n) is 8.86. The number of hydrogen-bond donors (Lipinski definition) is 3. The molecule has 2 atom stereocenters. The number of aliphatic hydroxyl groups excluding tert-OH is 1. The number of nitrogens with zero attached hydrogens (tertiary/aromatic N) is 1. The van der Waals surface area contributed by atoms with Crippen molar-refractivity contribution in [2.45, 2.75) is 11.8 Å². The Balaban J connectivity index is 1.36. The van der Waals surface area contributed by atoms with Crippen LogP contribution in [0.3, 0.4) is 0 Å². The molecule has 0 radical (unpaired) electrons. The van der Waals surface area contributed by atoms with Crippen molar-refractivity contribution in [2.75, 3.05) is 32.1 Å². The van der Waals surface area contributed by atoms with E-state index in [1.807, 2.05) is 12.1 Å². The van der Waals surface area contributed by atoms with Crippen LogP contribution in [0.4, 0.5) is 10.1 Å². The van der Waals surface area contributed by atoms with Gasteiger partial charge >= 0.3 is 0 Å². The highest BCUT2D eigenvalue weighted by Gasteiger charge is 2.77. The third-order valence-electron chi connectivity index (χ3n) is 6.92. The number of benzene rings is 2. The predicted octanol–water partition coefficient (Wildman–Crippen LogP) is 4.92. The molecule has 2 saturated carbocycles. The third kappa shape index (κ3) is 4.33. The zero-order chi connectivity index (χ0) is 24.7. The summed E-state index contributed by atoms with van der Waals surface area (Å²) in [5.74, 6) is 0.674.